The van der Waals surface area contributed by atoms with Gasteiger partial charge >= 0.3 is 0 Å². The van der Waals surface area contributed by atoms with E-state index in [1.54, 1.807) is 5.51 Å². The van der Waals surface area contributed by atoms with E-state index in [0.29, 0.717) is 11.7 Å². The second-order valence-corrected chi connectivity index (χ2v) is 4.88. The normalized spacial score (nSPS) is 25.1. The molecule has 1 fully saturated rings. The van der Waals surface area contributed by atoms with Gasteiger partial charge in [-0.3, -0.25) is 0 Å². The number of nitrogens with zero attached hydrogens (tertiary/aromatic N) is 3. The first-order valence-corrected chi connectivity index (χ1v) is 6.20. The van der Waals surface area contributed by atoms with Gasteiger partial charge in [-0.05, 0) is 26.3 Å². The highest BCUT2D eigenvalue weighted by molar-refractivity contribution is 7.07. The van der Waals surface area contributed by atoms with Crippen molar-refractivity contribution in [3.8, 4) is 11.5 Å². The van der Waals surface area contributed by atoms with Crippen LogP contribution in [0.25, 0.3) is 11.5 Å². The zero-order valence-electron chi connectivity index (χ0n) is 8.93. The van der Waals surface area contributed by atoms with Crippen molar-refractivity contribution in [1.82, 2.24) is 20.4 Å². The van der Waals surface area contributed by atoms with Gasteiger partial charge in [0.05, 0.1) is 11.0 Å². The molecule has 1 atom stereocenters. The lowest BCUT2D eigenvalue weighted by Gasteiger charge is -2.18. The molecule has 84 valence electrons. The minimum Gasteiger partial charge on any atom is -0.337 e. The number of aromatic nitrogens is 3. The Balaban J connectivity index is 1.93. The maximum Gasteiger partial charge on any atom is 0.247 e. The van der Waals surface area contributed by atoms with Crippen LogP contribution in [-0.2, 0) is 5.54 Å². The molecule has 3 rings (SSSR count). The van der Waals surface area contributed by atoms with Crippen LogP contribution >= 0.6 is 11.3 Å². The molecule has 1 aliphatic heterocycles. The van der Waals surface area contributed by atoms with Crippen LogP contribution in [0.2, 0.25) is 0 Å². The number of rotatable bonds is 2. The van der Waals surface area contributed by atoms with Crippen LogP contribution in [0.5, 0.6) is 0 Å². The molecule has 0 aliphatic carbocycles. The van der Waals surface area contributed by atoms with Gasteiger partial charge in [0.25, 0.3) is 0 Å². The Morgan fingerprint density at radius 2 is 2.50 bits per heavy atom. The van der Waals surface area contributed by atoms with Crippen molar-refractivity contribution in [3.63, 3.8) is 0 Å². The molecule has 2 aromatic heterocycles. The van der Waals surface area contributed by atoms with E-state index in [9.17, 15) is 0 Å². The first-order valence-electron chi connectivity index (χ1n) is 5.26. The molecular formula is C10H12N4OS. The molecule has 16 heavy (non-hydrogen) atoms. The van der Waals surface area contributed by atoms with Crippen molar-refractivity contribution in [3.05, 3.63) is 16.8 Å². The highest BCUT2D eigenvalue weighted by Crippen LogP contribution is 2.30. The summed E-state index contributed by atoms with van der Waals surface area (Å²) in [5.41, 5.74) is 2.38. The molecule has 1 unspecified atom stereocenters. The molecule has 1 aliphatic rings. The van der Waals surface area contributed by atoms with Gasteiger partial charge in [0.1, 0.15) is 5.69 Å². The molecular weight excluding hydrogens is 224 g/mol. The SMILES string of the molecule is CC1(c2nc(-c3cscn3)no2)CCCN1. The Labute approximate surface area is 96.9 Å². The smallest absolute Gasteiger partial charge is 0.247 e. The van der Waals surface area contributed by atoms with E-state index in [-0.39, 0.29) is 5.54 Å². The van der Waals surface area contributed by atoms with Gasteiger partial charge in [-0.2, -0.15) is 4.98 Å². The van der Waals surface area contributed by atoms with Gasteiger partial charge < -0.3 is 9.84 Å². The summed E-state index contributed by atoms with van der Waals surface area (Å²) in [5, 5.41) is 9.28. The van der Waals surface area contributed by atoms with Gasteiger partial charge in [-0.25, -0.2) is 4.98 Å². The van der Waals surface area contributed by atoms with E-state index < -0.39 is 0 Å². The maximum atomic E-state index is 5.32. The summed E-state index contributed by atoms with van der Waals surface area (Å²) >= 11 is 1.53. The molecule has 0 amide bonds. The van der Waals surface area contributed by atoms with Crippen LogP contribution in [0.4, 0.5) is 0 Å². The van der Waals surface area contributed by atoms with Crippen molar-refractivity contribution < 1.29 is 4.52 Å². The zero-order valence-corrected chi connectivity index (χ0v) is 9.75. The number of thiazole rings is 1. The lowest BCUT2D eigenvalue weighted by Crippen LogP contribution is -2.33. The molecule has 5 nitrogen and oxygen atoms in total. The van der Waals surface area contributed by atoms with Crippen molar-refractivity contribution in [2.24, 2.45) is 0 Å². The summed E-state index contributed by atoms with van der Waals surface area (Å²) in [7, 11) is 0. The predicted molar refractivity (Wildman–Crippen MR) is 60.0 cm³/mol. The van der Waals surface area contributed by atoms with Crippen LogP contribution in [0.3, 0.4) is 0 Å². The summed E-state index contributed by atoms with van der Waals surface area (Å²) in [5.74, 6) is 1.24. The maximum absolute atomic E-state index is 5.32. The van der Waals surface area contributed by atoms with Crippen molar-refractivity contribution in [2.75, 3.05) is 6.54 Å². The average Bonchev–Trinajstić information content (AvgIpc) is 2.98. The standard InChI is InChI=1S/C10H12N4OS/c1-10(3-2-4-12-10)9-13-8(14-15-9)7-5-16-6-11-7/h5-6,12H,2-4H2,1H3. The third-order valence-electron chi connectivity index (χ3n) is 2.93. The fraction of sp³-hybridized carbons (Fsp3) is 0.500. The van der Waals surface area contributed by atoms with E-state index in [0.717, 1.165) is 25.1 Å². The lowest BCUT2D eigenvalue weighted by atomic mass is 10.0. The van der Waals surface area contributed by atoms with Crippen LogP contribution in [0.1, 0.15) is 25.7 Å². The molecule has 0 aromatic carbocycles. The Kier molecular flexibility index (Phi) is 2.26. The van der Waals surface area contributed by atoms with Gasteiger partial charge in [-0.1, -0.05) is 5.16 Å². The van der Waals surface area contributed by atoms with E-state index in [1.165, 1.54) is 11.3 Å². The van der Waals surface area contributed by atoms with E-state index in [2.05, 4.69) is 27.4 Å². The Morgan fingerprint density at radius 3 is 3.19 bits per heavy atom. The summed E-state index contributed by atoms with van der Waals surface area (Å²) in [4.78, 5) is 8.57. The highest BCUT2D eigenvalue weighted by atomic mass is 32.1. The summed E-state index contributed by atoms with van der Waals surface area (Å²) in [6.45, 7) is 3.10. The minimum absolute atomic E-state index is 0.165. The molecule has 2 aromatic rings. The van der Waals surface area contributed by atoms with Gasteiger partial charge in [0.15, 0.2) is 0 Å². The Morgan fingerprint density at radius 1 is 1.56 bits per heavy atom. The predicted octanol–water partition coefficient (Wildman–Crippen LogP) is 1.79. The molecule has 1 saturated heterocycles. The summed E-state index contributed by atoms with van der Waals surface area (Å²) in [6.07, 6.45) is 2.18. The quantitative estimate of drug-likeness (QED) is 0.861. The lowest BCUT2D eigenvalue weighted by molar-refractivity contribution is 0.275. The molecule has 0 saturated carbocycles. The second-order valence-electron chi connectivity index (χ2n) is 4.16. The monoisotopic (exact) mass is 236 g/mol. The summed E-state index contributed by atoms with van der Waals surface area (Å²) in [6, 6.07) is 0. The Bertz CT molecular complexity index is 473. The van der Waals surface area contributed by atoms with Gasteiger partial charge in [-0.15, -0.1) is 11.3 Å². The van der Waals surface area contributed by atoms with E-state index in [4.69, 9.17) is 4.52 Å². The van der Waals surface area contributed by atoms with E-state index in [1.807, 2.05) is 5.38 Å². The molecule has 0 radical (unpaired) electrons. The fourth-order valence-corrected chi connectivity index (χ4v) is 2.48. The second kappa shape index (κ2) is 3.64. The number of hydrogen-bond donors (Lipinski definition) is 1. The van der Waals surface area contributed by atoms with Crippen LogP contribution < -0.4 is 5.32 Å². The molecule has 0 bridgehead atoms. The van der Waals surface area contributed by atoms with Crippen molar-refractivity contribution in [1.29, 1.82) is 0 Å². The van der Waals surface area contributed by atoms with Gasteiger partial charge in [0, 0.05) is 5.38 Å². The first kappa shape index (κ1) is 9.92. The highest BCUT2D eigenvalue weighted by Gasteiger charge is 2.35. The molecule has 6 heteroatoms. The average molecular weight is 236 g/mol. The van der Waals surface area contributed by atoms with Crippen LogP contribution in [0, 0.1) is 0 Å². The topological polar surface area (TPSA) is 63.8 Å². The largest absolute Gasteiger partial charge is 0.337 e. The molecule has 3 heterocycles. The van der Waals surface area contributed by atoms with Crippen LogP contribution in [0.15, 0.2) is 15.4 Å². The fourth-order valence-electron chi connectivity index (χ4n) is 1.95. The number of nitrogens with one attached hydrogen (secondary N) is 1. The van der Waals surface area contributed by atoms with Crippen molar-refractivity contribution in [2.45, 2.75) is 25.3 Å². The summed E-state index contributed by atoms with van der Waals surface area (Å²) < 4.78 is 5.32. The van der Waals surface area contributed by atoms with E-state index >= 15 is 0 Å². The zero-order chi connectivity index (χ0) is 11.0. The van der Waals surface area contributed by atoms with Gasteiger partial charge in [0.2, 0.25) is 11.7 Å². The first-order chi connectivity index (χ1) is 7.78. The van der Waals surface area contributed by atoms with Crippen LogP contribution in [-0.4, -0.2) is 21.7 Å². The molecule has 1 N–H and O–H groups in total. The minimum atomic E-state index is -0.165. The molecule has 0 spiro atoms. The third kappa shape index (κ3) is 1.54. The van der Waals surface area contributed by atoms with Crippen molar-refractivity contribution >= 4 is 11.3 Å². The third-order valence-corrected chi connectivity index (χ3v) is 3.51. The number of hydrogen-bond acceptors (Lipinski definition) is 6. The Hall–Kier alpha value is -1.27.